The molecule has 3 heterocycles. The summed E-state index contributed by atoms with van der Waals surface area (Å²) in [5, 5.41) is 3.96. The van der Waals surface area contributed by atoms with Crippen molar-refractivity contribution in [1.29, 1.82) is 0 Å². The standard InChI is InChI=1S/C15H22N6O/c1-3-14-16-5-4-13(18-14)10-20-6-8-21(9-7-20)11-15-17-12(2)22-19-15/h4-5H,3,6-11H2,1-2H3. The van der Waals surface area contributed by atoms with Gasteiger partial charge in [0.25, 0.3) is 0 Å². The van der Waals surface area contributed by atoms with Crippen LogP contribution >= 0.6 is 0 Å². The van der Waals surface area contributed by atoms with Crippen molar-refractivity contribution in [3.05, 3.63) is 35.5 Å². The predicted octanol–water partition coefficient (Wildman–Crippen LogP) is 1.05. The average Bonchev–Trinajstić information content (AvgIpc) is 2.94. The molecule has 1 aliphatic heterocycles. The van der Waals surface area contributed by atoms with Gasteiger partial charge in [-0.2, -0.15) is 4.98 Å². The van der Waals surface area contributed by atoms with Crippen LogP contribution in [-0.4, -0.2) is 56.1 Å². The predicted molar refractivity (Wildman–Crippen MR) is 81.0 cm³/mol. The van der Waals surface area contributed by atoms with Gasteiger partial charge in [-0.05, 0) is 6.07 Å². The first-order valence-electron chi connectivity index (χ1n) is 7.77. The Balaban J connectivity index is 1.49. The van der Waals surface area contributed by atoms with Crippen LogP contribution in [0.3, 0.4) is 0 Å². The Morgan fingerprint density at radius 2 is 1.77 bits per heavy atom. The van der Waals surface area contributed by atoms with Gasteiger partial charge in [-0.25, -0.2) is 9.97 Å². The number of hydrogen-bond acceptors (Lipinski definition) is 7. The molecule has 0 unspecified atom stereocenters. The molecular formula is C15H22N6O. The highest BCUT2D eigenvalue weighted by Gasteiger charge is 2.19. The monoisotopic (exact) mass is 302 g/mol. The molecule has 0 atom stereocenters. The topological polar surface area (TPSA) is 71.2 Å². The molecule has 3 rings (SSSR count). The maximum Gasteiger partial charge on any atom is 0.223 e. The number of rotatable bonds is 5. The van der Waals surface area contributed by atoms with Crippen LogP contribution < -0.4 is 0 Å². The molecular weight excluding hydrogens is 280 g/mol. The zero-order chi connectivity index (χ0) is 15.4. The first-order valence-corrected chi connectivity index (χ1v) is 7.77. The molecule has 0 radical (unpaired) electrons. The first kappa shape index (κ1) is 15.1. The van der Waals surface area contributed by atoms with Gasteiger partial charge in [0.2, 0.25) is 5.89 Å². The molecule has 0 aromatic carbocycles. The summed E-state index contributed by atoms with van der Waals surface area (Å²) < 4.78 is 5.02. The Labute approximate surface area is 130 Å². The van der Waals surface area contributed by atoms with Crippen molar-refractivity contribution in [1.82, 2.24) is 29.9 Å². The number of aromatic nitrogens is 4. The van der Waals surface area contributed by atoms with E-state index in [1.165, 1.54) is 0 Å². The third-order valence-corrected chi connectivity index (χ3v) is 3.86. The number of nitrogens with zero attached hydrogens (tertiary/aromatic N) is 6. The quantitative estimate of drug-likeness (QED) is 0.817. The van der Waals surface area contributed by atoms with Gasteiger partial charge < -0.3 is 4.52 Å². The second kappa shape index (κ2) is 6.93. The van der Waals surface area contributed by atoms with E-state index in [0.717, 1.165) is 63.0 Å². The highest BCUT2D eigenvalue weighted by molar-refractivity contribution is 5.02. The van der Waals surface area contributed by atoms with E-state index in [2.05, 4.69) is 36.8 Å². The Bertz CT molecular complexity index is 606. The molecule has 22 heavy (non-hydrogen) atoms. The molecule has 0 aliphatic carbocycles. The lowest BCUT2D eigenvalue weighted by atomic mass is 10.2. The van der Waals surface area contributed by atoms with Gasteiger partial charge in [-0.3, -0.25) is 9.80 Å². The Morgan fingerprint density at radius 3 is 2.41 bits per heavy atom. The summed E-state index contributed by atoms with van der Waals surface area (Å²) in [6.07, 6.45) is 2.74. The lowest BCUT2D eigenvalue weighted by molar-refractivity contribution is 0.118. The number of aryl methyl sites for hydroxylation is 2. The minimum atomic E-state index is 0.629. The lowest BCUT2D eigenvalue weighted by Crippen LogP contribution is -2.45. The van der Waals surface area contributed by atoms with Gasteiger partial charge in [0, 0.05) is 52.3 Å². The van der Waals surface area contributed by atoms with Gasteiger partial charge in [0.1, 0.15) is 5.82 Å². The van der Waals surface area contributed by atoms with Crippen LogP contribution in [0.4, 0.5) is 0 Å². The summed E-state index contributed by atoms with van der Waals surface area (Å²) in [6.45, 7) is 9.64. The third-order valence-electron chi connectivity index (χ3n) is 3.86. The Kier molecular flexibility index (Phi) is 4.74. The Hall–Kier alpha value is -1.86. The third kappa shape index (κ3) is 3.86. The maximum absolute atomic E-state index is 5.02. The molecule has 7 nitrogen and oxygen atoms in total. The van der Waals surface area contributed by atoms with E-state index in [1.807, 2.05) is 19.2 Å². The normalized spacial score (nSPS) is 17.0. The van der Waals surface area contributed by atoms with Crippen LogP contribution in [0.5, 0.6) is 0 Å². The van der Waals surface area contributed by atoms with Crippen LogP contribution in [0, 0.1) is 6.92 Å². The zero-order valence-electron chi connectivity index (χ0n) is 13.2. The fraction of sp³-hybridized carbons (Fsp3) is 0.600. The van der Waals surface area contributed by atoms with E-state index >= 15 is 0 Å². The van der Waals surface area contributed by atoms with Gasteiger partial charge in [0.15, 0.2) is 5.82 Å². The highest BCUT2D eigenvalue weighted by atomic mass is 16.5. The molecule has 7 heteroatoms. The Morgan fingerprint density at radius 1 is 1.05 bits per heavy atom. The largest absolute Gasteiger partial charge is 0.340 e. The van der Waals surface area contributed by atoms with E-state index in [4.69, 9.17) is 4.52 Å². The molecule has 0 bridgehead atoms. The van der Waals surface area contributed by atoms with Crippen LogP contribution in [0.15, 0.2) is 16.8 Å². The van der Waals surface area contributed by atoms with Crippen molar-refractivity contribution in [2.24, 2.45) is 0 Å². The second-order valence-electron chi connectivity index (χ2n) is 5.60. The summed E-state index contributed by atoms with van der Waals surface area (Å²) in [4.78, 5) is 17.9. The number of hydrogen-bond donors (Lipinski definition) is 0. The van der Waals surface area contributed by atoms with E-state index in [-0.39, 0.29) is 0 Å². The summed E-state index contributed by atoms with van der Waals surface area (Å²) >= 11 is 0. The van der Waals surface area contributed by atoms with Gasteiger partial charge in [-0.15, -0.1) is 0 Å². The second-order valence-corrected chi connectivity index (χ2v) is 5.60. The summed E-state index contributed by atoms with van der Waals surface area (Å²) in [5.41, 5.74) is 1.11. The van der Waals surface area contributed by atoms with E-state index in [9.17, 15) is 0 Å². The van der Waals surface area contributed by atoms with E-state index in [0.29, 0.717) is 5.89 Å². The molecule has 0 spiro atoms. The van der Waals surface area contributed by atoms with Gasteiger partial charge >= 0.3 is 0 Å². The average molecular weight is 302 g/mol. The molecule has 1 saturated heterocycles. The molecule has 0 N–H and O–H groups in total. The molecule has 118 valence electrons. The minimum Gasteiger partial charge on any atom is -0.340 e. The molecule has 1 fully saturated rings. The number of piperazine rings is 1. The summed E-state index contributed by atoms with van der Waals surface area (Å²) in [7, 11) is 0. The van der Waals surface area contributed by atoms with Gasteiger partial charge in [-0.1, -0.05) is 12.1 Å². The van der Waals surface area contributed by atoms with Gasteiger partial charge in [0.05, 0.1) is 12.2 Å². The van der Waals surface area contributed by atoms with Crippen molar-refractivity contribution in [3.63, 3.8) is 0 Å². The maximum atomic E-state index is 5.02. The lowest BCUT2D eigenvalue weighted by Gasteiger charge is -2.33. The van der Waals surface area contributed by atoms with Crippen LogP contribution in [0.2, 0.25) is 0 Å². The molecule has 2 aromatic rings. The fourth-order valence-corrected chi connectivity index (χ4v) is 2.64. The smallest absolute Gasteiger partial charge is 0.223 e. The highest BCUT2D eigenvalue weighted by Crippen LogP contribution is 2.09. The van der Waals surface area contributed by atoms with Crippen molar-refractivity contribution < 1.29 is 4.52 Å². The molecule has 0 saturated carbocycles. The fourth-order valence-electron chi connectivity index (χ4n) is 2.64. The van der Waals surface area contributed by atoms with Crippen LogP contribution in [0.1, 0.15) is 30.2 Å². The summed E-state index contributed by atoms with van der Waals surface area (Å²) in [5.74, 6) is 2.32. The van der Waals surface area contributed by atoms with Crippen molar-refractivity contribution in [2.75, 3.05) is 26.2 Å². The van der Waals surface area contributed by atoms with E-state index in [1.54, 1.807) is 0 Å². The summed E-state index contributed by atoms with van der Waals surface area (Å²) in [6, 6.07) is 2.01. The van der Waals surface area contributed by atoms with Crippen molar-refractivity contribution in [3.8, 4) is 0 Å². The minimum absolute atomic E-state index is 0.629. The SMILES string of the molecule is CCc1nccc(CN2CCN(Cc3noc(C)n3)CC2)n1. The molecule has 0 amide bonds. The van der Waals surface area contributed by atoms with Crippen molar-refractivity contribution in [2.45, 2.75) is 33.4 Å². The molecule has 1 aliphatic rings. The van der Waals surface area contributed by atoms with E-state index < -0.39 is 0 Å². The van der Waals surface area contributed by atoms with Crippen molar-refractivity contribution >= 4 is 0 Å². The zero-order valence-corrected chi connectivity index (χ0v) is 13.2. The van der Waals surface area contributed by atoms with Crippen LogP contribution in [0.25, 0.3) is 0 Å². The first-order chi connectivity index (χ1) is 10.7. The molecule has 2 aromatic heterocycles. The van der Waals surface area contributed by atoms with Crippen LogP contribution in [-0.2, 0) is 19.5 Å².